The molecule has 0 saturated carbocycles. The van der Waals surface area contributed by atoms with E-state index >= 15 is 0 Å². The fraction of sp³-hybridized carbons (Fsp3) is 0.467. The quantitative estimate of drug-likeness (QED) is 0.628. The van der Waals surface area contributed by atoms with Gasteiger partial charge in [-0.2, -0.15) is 0 Å². The van der Waals surface area contributed by atoms with E-state index in [1.165, 1.54) is 11.1 Å². The minimum Gasteiger partial charge on any atom is -0.0914 e. The van der Waals surface area contributed by atoms with Gasteiger partial charge >= 0.3 is 0 Å². The molecule has 1 unspecified atom stereocenters. The maximum absolute atomic E-state index is 2.26. The van der Waals surface area contributed by atoms with Gasteiger partial charge < -0.3 is 0 Å². The molecule has 1 aromatic rings. The highest BCUT2D eigenvalue weighted by molar-refractivity contribution is 5.25. The van der Waals surface area contributed by atoms with E-state index in [1.54, 1.807) is 0 Å². The molecule has 0 bridgehead atoms. The Balaban J connectivity index is 2.64. The molecule has 0 aliphatic carbocycles. The first-order chi connectivity index (χ1) is 7.13. The Morgan fingerprint density at radius 3 is 2.13 bits per heavy atom. The van der Waals surface area contributed by atoms with Gasteiger partial charge in [0.05, 0.1) is 0 Å². The first kappa shape index (κ1) is 12.0. The molecule has 0 N–H and O–H groups in total. The molecule has 0 spiro atoms. The summed E-state index contributed by atoms with van der Waals surface area (Å²) in [4.78, 5) is 0. The van der Waals surface area contributed by atoms with E-state index in [-0.39, 0.29) is 0 Å². The molecule has 15 heavy (non-hydrogen) atoms. The number of rotatable bonds is 4. The van der Waals surface area contributed by atoms with Crippen molar-refractivity contribution in [3.63, 3.8) is 0 Å². The van der Waals surface area contributed by atoms with Gasteiger partial charge in [0.25, 0.3) is 0 Å². The van der Waals surface area contributed by atoms with Gasteiger partial charge in [-0.1, -0.05) is 57.2 Å². The lowest BCUT2D eigenvalue weighted by molar-refractivity contribution is 0.721. The topological polar surface area (TPSA) is 0 Å². The Bertz CT molecular complexity index is 303. The van der Waals surface area contributed by atoms with Crippen LogP contribution in [0, 0.1) is 5.92 Å². The highest BCUT2D eigenvalue weighted by Gasteiger charge is 2.01. The van der Waals surface area contributed by atoms with E-state index < -0.39 is 0 Å². The van der Waals surface area contributed by atoms with Crippen LogP contribution >= 0.6 is 0 Å². The molecule has 0 nitrogen and oxygen atoms in total. The fourth-order valence-electron chi connectivity index (χ4n) is 1.81. The zero-order valence-electron chi connectivity index (χ0n) is 10.3. The number of allylic oxidation sites excluding steroid dienone is 2. The predicted molar refractivity (Wildman–Crippen MR) is 68.2 cm³/mol. The molecule has 0 amide bonds. The van der Waals surface area contributed by atoms with Crippen LogP contribution in [-0.4, -0.2) is 0 Å². The van der Waals surface area contributed by atoms with Crippen molar-refractivity contribution in [3.05, 3.63) is 47.5 Å². The Kier molecular flexibility index (Phi) is 4.61. The predicted octanol–water partition coefficient (Wildman–Crippen LogP) is 4.56. The number of hydrogen-bond donors (Lipinski definition) is 0. The molecule has 82 valence electrons. The summed E-state index contributed by atoms with van der Waals surface area (Å²) < 4.78 is 0. The van der Waals surface area contributed by atoms with Gasteiger partial charge in [-0.3, -0.25) is 0 Å². The molecular formula is C15H22. The molecule has 0 heteroatoms. The van der Waals surface area contributed by atoms with Crippen LogP contribution in [-0.2, 0) is 6.42 Å². The van der Waals surface area contributed by atoms with Crippen molar-refractivity contribution in [2.45, 2.75) is 40.0 Å². The van der Waals surface area contributed by atoms with E-state index in [0.717, 1.165) is 6.42 Å². The minimum atomic E-state index is 0.631. The van der Waals surface area contributed by atoms with Crippen LogP contribution in [0.4, 0.5) is 0 Å². The number of hydrogen-bond acceptors (Lipinski definition) is 0. The van der Waals surface area contributed by atoms with Gasteiger partial charge in [-0.25, -0.2) is 0 Å². The first-order valence-electron chi connectivity index (χ1n) is 5.85. The fourth-order valence-corrected chi connectivity index (χ4v) is 1.81. The Hall–Kier alpha value is -1.04. The molecule has 0 aliphatic heterocycles. The second-order valence-corrected chi connectivity index (χ2v) is 4.60. The molecule has 0 radical (unpaired) electrons. The minimum absolute atomic E-state index is 0.631. The second kappa shape index (κ2) is 5.75. The third-order valence-corrected chi connectivity index (χ3v) is 2.73. The summed E-state index contributed by atoms with van der Waals surface area (Å²) >= 11 is 0. The van der Waals surface area contributed by atoms with Crippen LogP contribution < -0.4 is 0 Å². The normalized spacial score (nSPS) is 13.7. The molecule has 1 atom stereocenters. The molecule has 0 aromatic heterocycles. The van der Waals surface area contributed by atoms with Gasteiger partial charge in [0.15, 0.2) is 0 Å². The second-order valence-electron chi connectivity index (χ2n) is 4.60. The summed E-state index contributed by atoms with van der Waals surface area (Å²) in [6.07, 6.45) is 5.53. The highest BCUT2D eigenvalue weighted by atomic mass is 14.1. The average Bonchev–Trinajstić information content (AvgIpc) is 2.18. The van der Waals surface area contributed by atoms with E-state index in [1.807, 2.05) is 0 Å². The first-order valence-corrected chi connectivity index (χ1v) is 5.85. The molecule has 1 rings (SSSR count). The van der Waals surface area contributed by atoms with Gasteiger partial charge in [0, 0.05) is 0 Å². The van der Waals surface area contributed by atoms with Crippen molar-refractivity contribution in [1.82, 2.24) is 0 Å². The molecule has 1 aromatic carbocycles. The van der Waals surface area contributed by atoms with Gasteiger partial charge in [-0.05, 0) is 36.3 Å². The monoisotopic (exact) mass is 202 g/mol. The highest BCUT2D eigenvalue weighted by Crippen LogP contribution is 2.16. The Labute approximate surface area is 94.0 Å². The average molecular weight is 202 g/mol. The third-order valence-electron chi connectivity index (χ3n) is 2.73. The SMILES string of the molecule is CC=CC(C)Cc1ccc(C(C)C)cc1. The molecule has 0 fully saturated rings. The lowest BCUT2D eigenvalue weighted by Gasteiger charge is -2.09. The van der Waals surface area contributed by atoms with Crippen molar-refractivity contribution in [1.29, 1.82) is 0 Å². The zero-order chi connectivity index (χ0) is 11.3. The van der Waals surface area contributed by atoms with E-state index in [2.05, 4.69) is 64.1 Å². The number of benzene rings is 1. The molecule has 0 saturated heterocycles. The summed E-state index contributed by atoms with van der Waals surface area (Å²) in [7, 11) is 0. The summed E-state index contributed by atoms with van der Waals surface area (Å²) in [5.74, 6) is 1.27. The summed E-state index contributed by atoms with van der Waals surface area (Å²) in [5, 5.41) is 0. The standard InChI is InChI=1S/C15H22/c1-5-6-13(4)11-14-7-9-15(10-8-14)12(2)3/h5-10,12-13H,11H2,1-4H3. The van der Waals surface area contributed by atoms with Crippen molar-refractivity contribution >= 4 is 0 Å². The van der Waals surface area contributed by atoms with E-state index in [4.69, 9.17) is 0 Å². The molecule has 0 heterocycles. The van der Waals surface area contributed by atoms with Crippen LogP contribution in [0.5, 0.6) is 0 Å². The summed E-state index contributed by atoms with van der Waals surface area (Å²) in [6.45, 7) is 8.81. The lowest BCUT2D eigenvalue weighted by Crippen LogP contribution is -1.96. The van der Waals surface area contributed by atoms with Crippen LogP contribution in [0.2, 0.25) is 0 Å². The van der Waals surface area contributed by atoms with Crippen molar-refractivity contribution in [2.24, 2.45) is 5.92 Å². The van der Waals surface area contributed by atoms with Gasteiger partial charge in [0.1, 0.15) is 0 Å². The van der Waals surface area contributed by atoms with Crippen LogP contribution in [0.1, 0.15) is 44.7 Å². The van der Waals surface area contributed by atoms with Gasteiger partial charge in [-0.15, -0.1) is 0 Å². The Morgan fingerprint density at radius 1 is 1.07 bits per heavy atom. The van der Waals surface area contributed by atoms with Crippen LogP contribution in [0.3, 0.4) is 0 Å². The van der Waals surface area contributed by atoms with Crippen LogP contribution in [0.15, 0.2) is 36.4 Å². The van der Waals surface area contributed by atoms with E-state index in [9.17, 15) is 0 Å². The van der Waals surface area contributed by atoms with Crippen molar-refractivity contribution in [2.75, 3.05) is 0 Å². The van der Waals surface area contributed by atoms with Crippen LogP contribution in [0.25, 0.3) is 0 Å². The maximum Gasteiger partial charge on any atom is -0.0218 e. The maximum atomic E-state index is 2.26. The lowest BCUT2D eigenvalue weighted by atomic mass is 9.97. The summed E-state index contributed by atoms with van der Waals surface area (Å²) in [6, 6.07) is 9.02. The summed E-state index contributed by atoms with van der Waals surface area (Å²) in [5.41, 5.74) is 2.86. The molecule has 0 aliphatic rings. The third kappa shape index (κ3) is 3.91. The zero-order valence-corrected chi connectivity index (χ0v) is 10.3. The largest absolute Gasteiger partial charge is 0.0914 e. The van der Waals surface area contributed by atoms with E-state index in [0.29, 0.717) is 11.8 Å². The van der Waals surface area contributed by atoms with Crippen molar-refractivity contribution < 1.29 is 0 Å². The molecular weight excluding hydrogens is 180 g/mol. The smallest absolute Gasteiger partial charge is 0.0218 e. The van der Waals surface area contributed by atoms with Crippen molar-refractivity contribution in [3.8, 4) is 0 Å². The Morgan fingerprint density at radius 2 is 1.67 bits per heavy atom. The van der Waals surface area contributed by atoms with Gasteiger partial charge in [0.2, 0.25) is 0 Å².